The molecule has 4 aromatic rings. The van der Waals surface area contributed by atoms with E-state index >= 15 is 0 Å². The first kappa shape index (κ1) is 21.9. The molecule has 0 saturated heterocycles. The Morgan fingerprint density at radius 2 is 1.68 bits per heavy atom. The lowest BCUT2D eigenvalue weighted by Gasteiger charge is -2.21. The van der Waals surface area contributed by atoms with E-state index in [1.54, 1.807) is 24.3 Å². The number of nitrogens with one attached hydrogen (secondary N) is 1. The molecule has 1 saturated carbocycles. The summed E-state index contributed by atoms with van der Waals surface area (Å²) < 4.78 is 45.7. The lowest BCUT2D eigenvalue weighted by Crippen LogP contribution is -2.35. The molecule has 0 bridgehead atoms. The van der Waals surface area contributed by atoms with Crippen LogP contribution in [0, 0.1) is 0 Å². The van der Waals surface area contributed by atoms with Crippen molar-refractivity contribution in [1.29, 1.82) is 0 Å². The van der Waals surface area contributed by atoms with Crippen LogP contribution in [0.5, 0.6) is 5.75 Å². The maximum atomic E-state index is 13.7. The molecule has 1 heterocycles. The van der Waals surface area contributed by atoms with Crippen molar-refractivity contribution in [3.05, 3.63) is 95.6 Å². The molecule has 3 aromatic carbocycles. The third kappa shape index (κ3) is 3.87. The zero-order chi connectivity index (χ0) is 23.9. The minimum absolute atomic E-state index is 0.138. The molecule has 0 aliphatic heterocycles. The molecule has 7 heteroatoms. The molecule has 1 aliphatic carbocycles. The third-order valence-electron chi connectivity index (χ3n) is 6.17. The normalized spacial score (nSPS) is 14.6. The predicted octanol–water partition coefficient (Wildman–Crippen LogP) is 6.35. The van der Waals surface area contributed by atoms with E-state index in [2.05, 4.69) is 10.3 Å². The number of methoxy groups -OCH3 is 1. The lowest BCUT2D eigenvalue weighted by molar-refractivity contribution is -0.137. The molecule has 1 fully saturated rings. The fourth-order valence-corrected chi connectivity index (χ4v) is 4.30. The van der Waals surface area contributed by atoms with Crippen molar-refractivity contribution in [3.8, 4) is 17.0 Å². The lowest BCUT2D eigenvalue weighted by atomic mass is 9.99. The topological polar surface area (TPSA) is 51.2 Å². The Labute approximate surface area is 194 Å². The first-order valence-corrected chi connectivity index (χ1v) is 10.8. The SMILES string of the molecule is COc1c(-c2cccc(C(F)(F)F)c2)nc2ccccc2c1C(=O)NC1(c2ccccc2)CC1. The van der Waals surface area contributed by atoms with Crippen molar-refractivity contribution < 1.29 is 22.7 Å². The Morgan fingerprint density at radius 3 is 2.35 bits per heavy atom. The van der Waals surface area contributed by atoms with Gasteiger partial charge < -0.3 is 10.1 Å². The summed E-state index contributed by atoms with van der Waals surface area (Å²) in [6, 6.07) is 21.6. The highest BCUT2D eigenvalue weighted by Gasteiger charge is 2.46. The number of nitrogens with zero attached hydrogens (tertiary/aromatic N) is 1. The maximum Gasteiger partial charge on any atom is 0.416 e. The molecule has 5 rings (SSSR count). The van der Waals surface area contributed by atoms with Gasteiger partial charge in [0.2, 0.25) is 0 Å². The fourth-order valence-electron chi connectivity index (χ4n) is 4.30. The van der Waals surface area contributed by atoms with Crippen LogP contribution in [0.4, 0.5) is 13.2 Å². The average molecular weight is 462 g/mol. The smallest absolute Gasteiger partial charge is 0.416 e. The van der Waals surface area contributed by atoms with Crippen LogP contribution in [0.3, 0.4) is 0 Å². The highest BCUT2D eigenvalue weighted by atomic mass is 19.4. The summed E-state index contributed by atoms with van der Waals surface area (Å²) in [5, 5.41) is 3.72. The van der Waals surface area contributed by atoms with E-state index < -0.39 is 17.3 Å². The van der Waals surface area contributed by atoms with Crippen LogP contribution in [0.1, 0.15) is 34.3 Å². The number of hydrogen-bond donors (Lipinski definition) is 1. The monoisotopic (exact) mass is 462 g/mol. The van der Waals surface area contributed by atoms with Gasteiger partial charge in [0.1, 0.15) is 5.69 Å². The van der Waals surface area contributed by atoms with Crippen molar-refractivity contribution in [2.45, 2.75) is 24.6 Å². The van der Waals surface area contributed by atoms with E-state index in [9.17, 15) is 18.0 Å². The van der Waals surface area contributed by atoms with Crippen LogP contribution in [-0.2, 0) is 11.7 Å². The average Bonchev–Trinajstić information content (AvgIpc) is 3.63. The number of hydrogen-bond acceptors (Lipinski definition) is 3. The molecule has 1 amide bonds. The summed E-state index contributed by atoms with van der Waals surface area (Å²) in [5.41, 5.74) is 0.892. The van der Waals surface area contributed by atoms with E-state index in [1.807, 2.05) is 30.3 Å². The van der Waals surface area contributed by atoms with Crippen molar-refractivity contribution in [2.24, 2.45) is 0 Å². The summed E-state index contributed by atoms with van der Waals surface area (Å²) in [6.45, 7) is 0. The van der Waals surface area contributed by atoms with E-state index in [-0.39, 0.29) is 28.5 Å². The number of pyridine rings is 1. The van der Waals surface area contributed by atoms with Crippen molar-refractivity contribution in [2.75, 3.05) is 7.11 Å². The van der Waals surface area contributed by atoms with Crippen LogP contribution in [0.15, 0.2) is 78.9 Å². The second-order valence-corrected chi connectivity index (χ2v) is 8.37. The second-order valence-electron chi connectivity index (χ2n) is 8.37. The van der Waals surface area contributed by atoms with Gasteiger partial charge in [-0.25, -0.2) is 4.98 Å². The second kappa shape index (κ2) is 8.17. The first-order chi connectivity index (χ1) is 16.3. The molecular formula is C27H21F3N2O2. The summed E-state index contributed by atoms with van der Waals surface area (Å²) >= 11 is 0. The number of fused-ring (bicyclic) bond motifs is 1. The highest BCUT2D eigenvalue weighted by molar-refractivity contribution is 6.10. The summed E-state index contributed by atoms with van der Waals surface area (Å²) in [4.78, 5) is 18.3. The number of ether oxygens (including phenoxy) is 1. The Bertz CT molecular complexity index is 1380. The summed E-state index contributed by atoms with van der Waals surface area (Å²) in [6.07, 6.45) is -2.91. The van der Waals surface area contributed by atoms with Crippen molar-refractivity contribution >= 4 is 16.8 Å². The number of amides is 1. The van der Waals surface area contributed by atoms with Crippen LogP contribution < -0.4 is 10.1 Å². The molecule has 0 radical (unpaired) electrons. The van der Waals surface area contributed by atoms with E-state index in [4.69, 9.17) is 4.74 Å². The van der Waals surface area contributed by atoms with Gasteiger partial charge in [-0.1, -0.05) is 60.7 Å². The predicted molar refractivity (Wildman–Crippen MR) is 124 cm³/mol. The number of carbonyl (C=O) groups is 1. The molecule has 172 valence electrons. The van der Waals surface area contributed by atoms with Crippen LogP contribution in [-0.4, -0.2) is 18.0 Å². The van der Waals surface area contributed by atoms with Gasteiger partial charge in [0.25, 0.3) is 5.91 Å². The third-order valence-corrected chi connectivity index (χ3v) is 6.17. The summed E-state index contributed by atoms with van der Waals surface area (Å²) in [5.74, 6) is -0.218. The number of benzene rings is 3. The molecule has 0 unspecified atom stereocenters. The minimum atomic E-state index is -4.51. The van der Waals surface area contributed by atoms with Gasteiger partial charge in [-0.15, -0.1) is 0 Å². The Morgan fingerprint density at radius 1 is 0.971 bits per heavy atom. The van der Waals surface area contributed by atoms with Crippen molar-refractivity contribution in [1.82, 2.24) is 10.3 Å². The molecule has 1 aliphatic rings. The standard InChI is InChI=1S/C27H21F3N2O2/c1-34-24-22(25(33)32-26(14-15-26)18-9-3-2-4-10-18)20-12-5-6-13-21(20)31-23(24)17-8-7-11-19(16-17)27(28,29)30/h2-13,16H,14-15H2,1H3,(H,32,33). The molecule has 1 N–H and O–H groups in total. The zero-order valence-corrected chi connectivity index (χ0v) is 18.3. The Balaban J connectivity index is 1.66. The maximum absolute atomic E-state index is 13.7. The molecule has 4 nitrogen and oxygen atoms in total. The van der Waals surface area contributed by atoms with Gasteiger partial charge in [0.05, 0.1) is 29.3 Å². The van der Waals surface area contributed by atoms with Gasteiger partial charge in [0, 0.05) is 10.9 Å². The Kier molecular flexibility index (Phi) is 5.27. The highest BCUT2D eigenvalue weighted by Crippen LogP contribution is 2.46. The summed E-state index contributed by atoms with van der Waals surface area (Å²) in [7, 11) is 1.39. The first-order valence-electron chi connectivity index (χ1n) is 10.8. The quantitative estimate of drug-likeness (QED) is 0.376. The number of alkyl halides is 3. The molecule has 34 heavy (non-hydrogen) atoms. The number of halogens is 3. The van der Waals surface area contributed by atoms with E-state index in [0.717, 1.165) is 30.5 Å². The zero-order valence-electron chi connectivity index (χ0n) is 18.3. The Hall–Kier alpha value is -3.87. The molecule has 0 atom stereocenters. The minimum Gasteiger partial charge on any atom is -0.494 e. The van der Waals surface area contributed by atoms with Crippen LogP contribution in [0.2, 0.25) is 0 Å². The van der Waals surface area contributed by atoms with Gasteiger partial charge in [-0.3, -0.25) is 4.79 Å². The van der Waals surface area contributed by atoms with E-state index in [1.165, 1.54) is 19.2 Å². The number of carbonyl (C=O) groups excluding carboxylic acids is 1. The van der Waals surface area contributed by atoms with E-state index in [0.29, 0.717) is 10.9 Å². The van der Waals surface area contributed by atoms with Gasteiger partial charge in [0.15, 0.2) is 5.75 Å². The number of rotatable bonds is 5. The molecular weight excluding hydrogens is 441 g/mol. The van der Waals surface area contributed by atoms with Gasteiger partial charge >= 0.3 is 6.18 Å². The van der Waals surface area contributed by atoms with Gasteiger partial charge in [-0.05, 0) is 36.6 Å². The molecule has 1 aromatic heterocycles. The number of aromatic nitrogens is 1. The van der Waals surface area contributed by atoms with Crippen LogP contribution in [0.25, 0.3) is 22.2 Å². The largest absolute Gasteiger partial charge is 0.494 e. The van der Waals surface area contributed by atoms with Gasteiger partial charge in [-0.2, -0.15) is 13.2 Å². The van der Waals surface area contributed by atoms with Crippen LogP contribution >= 0.6 is 0 Å². The fraction of sp³-hybridized carbons (Fsp3) is 0.185. The number of para-hydroxylation sites is 1. The van der Waals surface area contributed by atoms with Crippen molar-refractivity contribution in [3.63, 3.8) is 0 Å². The molecule has 0 spiro atoms.